The normalized spacial score (nSPS) is 24.8. The molecule has 0 radical (unpaired) electrons. The Labute approximate surface area is 111 Å². The van der Waals surface area contributed by atoms with Gasteiger partial charge in [0, 0.05) is 11.1 Å². The first-order chi connectivity index (χ1) is 8.58. The molecule has 0 saturated carbocycles. The fourth-order valence-corrected chi connectivity index (χ4v) is 2.22. The number of carbonyl (C=O) groups is 1. The molecule has 1 aliphatic rings. The number of nitrogens with two attached hydrogens (primary N) is 1. The maximum absolute atomic E-state index is 12.0. The van der Waals surface area contributed by atoms with Gasteiger partial charge in [-0.05, 0) is 24.6 Å². The molecule has 3 N–H and O–H groups in total. The lowest BCUT2D eigenvalue weighted by atomic mass is 10.0. The second-order valence-corrected chi connectivity index (χ2v) is 5.03. The largest absolute Gasteiger partial charge is 0.379 e. The van der Waals surface area contributed by atoms with E-state index in [2.05, 4.69) is 5.32 Å². The third-order valence-corrected chi connectivity index (χ3v) is 3.40. The van der Waals surface area contributed by atoms with Crippen LogP contribution in [-0.4, -0.2) is 25.2 Å². The topological polar surface area (TPSA) is 64.3 Å². The van der Waals surface area contributed by atoms with Crippen LogP contribution in [0.15, 0.2) is 24.3 Å². The zero-order valence-electron chi connectivity index (χ0n) is 10.2. The maximum atomic E-state index is 12.0. The molecule has 1 heterocycles. The van der Waals surface area contributed by atoms with Gasteiger partial charge in [0.15, 0.2) is 0 Å². The molecule has 0 aromatic heterocycles. The minimum atomic E-state index is -0.258. The van der Waals surface area contributed by atoms with Gasteiger partial charge in [-0.2, -0.15) is 0 Å². The molecule has 2 unspecified atom stereocenters. The summed E-state index contributed by atoms with van der Waals surface area (Å²) >= 11 is 5.92. The molecule has 1 amide bonds. The lowest BCUT2D eigenvalue weighted by molar-refractivity contribution is -0.125. The van der Waals surface area contributed by atoms with Crippen LogP contribution >= 0.6 is 11.6 Å². The molecule has 0 bridgehead atoms. The van der Waals surface area contributed by atoms with Crippen LogP contribution in [0.4, 0.5) is 0 Å². The highest BCUT2D eigenvalue weighted by Crippen LogP contribution is 2.19. The van der Waals surface area contributed by atoms with Gasteiger partial charge in [0.2, 0.25) is 5.91 Å². The second kappa shape index (κ2) is 5.69. The van der Waals surface area contributed by atoms with Crippen molar-refractivity contribution in [3.8, 4) is 0 Å². The van der Waals surface area contributed by atoms with Crippen LogP contribution in [0.2, 0.25) is 5.02 Å². The van der Waals surface area contributed by atoms with E-state index in [1.165, 1.54) is 0 Å². The highest BCUT2D eigenvalue weighted by atomic mass is 35.5. The van der Waals surface area contributed by atoms with E-state index in [0.717, 1.165) is 5.56 Å². The molecule has 98 valence electrons. The number of hydrogen-bond acceptors (Lipinski definition) is 3. The summed E-state index contributed by atoms with van der Waals surface area (Å²) in [6.07, 6.45) is 0. The first-order valence-corrected chi connectivity index (χ1v) is 6.35. The molecule has 18 heavy (non-hydrogen) atoms. The highest BCUT2D eigenvalue weighted by Gasteiger charge is 2.31. The summed E-state index contributed by atoms with van der Waals surface area (Å²) in [7, 11) is 0. The summed E-state index contributed by atoms with van der Waals surface area (Å²) in [6, 6.07) is 7.14. The number of nitrogens with one attached hydrogen (secondary N) is 1. The van der Waals surface area contributed by atoms with Gasteiger partial charge in [0.05, 0.1) is 25.2 Å². The lowest BCUT2D eigenvalue weighted by Crippen LogP contribution is -2.41. The fraction of sp³-hybridized carbons (Fsp3) is 0.462. The first kappa shape index (κ1) is 13.3. The minimum Gasteiger partial charge on any atom is -0.379 e. The number of carbonyl (C=O) groups excluding carboxylic acids is 1. The number of rotatable bonds is 3. The van der Waals surface area contributed by atoms with Crippen molar-refractivity contribution in [2.75, 3.05) is 13.2 Å². The van der Waals surface area contributed by atoms with Crippen LogP contribution in [0, 0.1) is 5.92 Å². The average Bonchev–Trinajstić information content (AvgIpc) is 2.75. The second-order valence-electron chi connectivity index (χ2n) is 4.59. The Hall–Kier alpha value is -1.10. The van der Waals surface area contributed by atoms with Crippen molar-refractivity contribution < 1.29 is 9.53 Å². The summed E-state index contributed by atoms with van der Waals surface area (Å²) in [5.74, 6) is -0.320. The van der Waals surface area contributed by atoms with E-state index in [-0.39, 0.29) is 23.9 Å². The van der Waals surface area contributed by atoms with Crippen molar-refractivity contribution in [1.29, 1.82) is 0 Å². The zero-order valence-corrected chi connectivity index (χ0v) is 11.0. The van der Waals surface area contributed by atoms with Crippen LogP contribution in [0.5, 0.6) is 0 Å². The predicted octanol–water partition coefficient (Wildman–Crippen LogP) is 1.49. The fourth-order valence-electron chi connectivity index (χ4n) is 2.02. The van der Waals surface area contributed by atoms with E-state index in [9.17, 15) is 4.79 Å². The third-order valence-electron chi connectivity index (χ3n) is 3.17. The number of ether oxygens (including phenoxy) is 1. The maximum Gasteiger partial charge on any atom is 0.227 e. The molecule has 1 aliphatic heterocycles. The van der Waals surface area contributed by atoms with Crippen molar-refractivity contribution >= 4 is 17.5 Å². The van der Waals surface area contributed by atoms with Crippen LogP contribution in [0.1, 0.15) is 18.5 Å². The van der Waals surface area contributed by atoms with Crippen molar-refractivity contribution in [2.24, 2.45) is 11.7 Å². The van der Waals surface area contributed by atoms with E-state index in [1.807, 2.05) is 25.1 Å². The van der Waals surface area contributed by atoms with Crippen molar-refractivity contribution in [1.82, 2.24) is 5.32 Å². The van der Waals surface area contributed by atoms with Gasteiger partial charge >= 0.3 is 0 Å². The molecule has 4 nitrogen and oxygen atoms in total. The van der Waals surface area contributed by atoms with E-state index in [1.54, 1.807) is 6.07 Å². The monoisotopic (exact) mass is 268 g/mol. The summed E-state index contributed by atoms with van der Waals surface area (Å²) in [5.41, 5.74) is 6.79. The number of amides is 1. The molecule has 3 atom stereocenters. The Kier molecular flexibility index (Phi) is 4.22. The molecule has 0 aliphatic carbocycles. The van der Waals surface area contributed by atoms with Crippen molar-refractivity contribution in [3.63, 3.8) is 0 Å². The van der Waals surface area contributed by atoms with Gasteiger partial charge in [-0.15, -0.1) is 0 Å². The number of benzene rings is 1. The Morgan fingerprint density at radius 2 is 2.33 bits per heavy atom. The molecule has 1 aromatic rings. The molecular formula is C13H17ClN2O2. The van der Waals surface area contributed by atoms with Crippen LogP contribution in [0.3, 0.4) is 0 Å². The zero-order chi connectivity index (χ0) is 13.1. The summed E-state index contributed by atoms with van der Waals surface area (Å²) in [5, 5.41) is 3.60. The summed E-state index contributed by atoms with van der Waals surface area (Å²) in [6.45, 7) is 2.77. The molecule has 1 saturated heterocycles. The molecule has 1 aromatic carbocycles. The Morgan fingerprint density at radius 3 is 2.94 bits per heavy atom. The predicted molar refractivity (Wildman–Crippen MR) is 70.3 cm³/mol. The van der Waals surface area contributed by atoms with Crippen LogP contribution in [-0.2, 0) is 9.53 Å². The van der Waals surface area contributed by atoms with E-state index in [4.69, 9.17) is 22.1 Å². The minimum absolute atomic E-state index is 0.0625. The number of halogens is 1. The van der Waals surface area contributed by atoms with Crippen LogP contribution in [0.25, 0.3) is 0 Å². The summed E-state index contributed by atoms with van der Waals surface area (Å²) in [4.78, 5) is 12.0. The van der Waals surface area contributed by atoms with Gasteiger partial charge < -0.3 is 15.8 Å². The molecule has 1 fully saturated rings. The lowest BCUT2D eigenvalue weighted by Gasteiger charge is -2.19. The highest BCUT2D eigenvalue weighted by molar-refractivity contribution is 6.30. The molecule has 2 rings (SSSR count). The van der Waals surface area contributed by atoms with Gasteiger partial charge in [-0.3, -0.25) is 4.79 Å². The molecule has 0 spiro atoms. The van der Waals surface area contributed by atoms with E-state index < -0.39 is 0 Å². The summed E-state index contributed by atoms with van der Waals surface area (Å²) < 4.78 is 5.19. The smallest absolute Gasteiger partial charge is 0.227 e. The first-order valence-electron chi connectivity index (χ1n) is 5.97. The van der Waals surface area contributed by atoms with Gasteiger partial charge in [-0.1, -0.05) is 23.7 Å². The van der Waals surface area contributed by atoms with Gasteiger partial charge in [0.1, 0.15) is 0 Å². The quantitative estimate of drug-likeness (QED) is 0.873. The average molecular weight is 269 g/mol. The SMILES string of the molecule is C[C@@H](NC(=O)C1COCC1N)c1cccc(Cl)c1. The van der Waals surface area contributed by atoms with Crippen molar-refractivity contribution in [2.45, 2.75) is 19.0 Å². The van der Waals surface area contributed by atoms with E-state index in [0.29, 0.717) is 18.2 Å². The standard InChI is InChI=1S/C13H17ClN2O2/c1-8(9-3-2-4-10(14)5-9)16-13(17)11-6-18-7-12(11)15/h2-5,8,11-12H,6-7,15H2,1H3,(H,16,17)/t8-,11?,12?/m1/s1. The van der Waals surface area contributed by atoms with Gasteiger partial charge in [-0.25, -0.2) is 0 Å². The third kappa shape index (κ3) is 3.02. The van der Waals surface area contributed by atoms with E-state index >= 15 is 0 Å². The molecular weight excluding hydrogens is 252 g/mol. The Morgan fingerprint density at radius 1 is 1.56 bits per heavy atom. The van der Waals surface area contributed by atoms with Gasteiger partial charge in [0.25, 0.3) is 0 Å². The van der Waals surface area contributed by atoms with Crippen molar-refractivity contribution in [3.05, 3.63) is 34.9 Å². The van der Waals surface area contributed by atoms with Crippen LogP contribution < -0.4 is 11.1 Å². The molecule has 5 heteroatoms. The Balaban J connectivity index is 1.98. The number of hydrogen-bond donors (Lipinski definition) is 2. The Bertz CT molecular complexity index is 439.